The minimum atomic E-state index is -1.09. The standard InChI is InChI=1S/C15H20N2O4/c1-2-5-10-6-3-4-7-12(10)16-15(21)17-9-11(18)8-13(17)14(19)20/h3-4,6-7,11,13,18H,2,5,8-9H2,1H3,(H,16,21)(H,19,20)/t11-,13-/m1/s1. The van der Waals surface area contributed by atoms with Crippen LogP contribution in [0.3, 0.4) is 0 Å². The highest BCUT2D eigenvalue weighted by Crippen LogP contribution is 2.22. The SMILES string of the molecule is CCCc1ccccc1NC(=O)N1C[C@H](O)C[C@@H]1C(=O)O. The summed E-state index contributed by atoms with van der Waals surface area (Å²) in [6, 6.07) is 6.00. The Labute approximate surface area is 123 Å². The molecule has 1 fully saturated rings. The number of carboxylic acid groups (broad SMARTS) is 1. The Hall–Kier alpha value is -2.08. The zero-order valence-corrected chi connectivity index (χ0v) is 12.0. The van der Waals surface area contributed by atoms with E-state index < -0.39 is 24.1 Å². The number of nitrogens with one attached hydrogen (secondary N) is 1. The summed E-state index contributed by atoms with van der Waals surface area (Å²) in [6.07, 6.45) is 1.07. The zero-order chi connectivity index (χ0) is 15.4. The molecule has 2 rings (SSSR count). The average Bonchev–Trinajstić information content (AvgIpc) is 2.84. The van der Waals surface area contributed by atoms with E-state index in [9.17, 15) is 14.7 Å². The highest BCUT2D eigenvalue weighted by atomic mass is 16.4. The summed E-state index contributed by atoms with van der Waals surface area (Å²) in [4.78, 5) is 24.6. The summed E-state index contributed by atoms with van der Waals surface area (Å²) in [5, 5.41) is 21.5. The van der Waals surface area contributed by atoms with Crippen molar-refractivity contribution in [1.82, 2.24) is 4.90 Å². The number of carbonyl (C=O) groups excluding carboxylic acids is 1. The molecule has 0 saturated carbocycles. The van der Waals surface area contributed by atoms with Crippen molar-refractivity contribution in [3.05, 3.63) is 29.8 Å². The smallest absolute Gasteiger partial charge is 0.326 e. The van der Waals surface area contributed by atoms with Crippen LogP contribution in [-0.2, 0) is 11.2 Å². The van der Waals surface area contributed by atoms with E-state index in [0.29, 0.717) is 5.69 Å². The third-order valence-corrected chi connectivity index (χ3v) is 3.60. The molecule has 1 saturated heterocycles. The molecule has 0 radical (unpaired) electrons. The summed E-state index contributed by atoms with van der Waals surface area (Å²) in [7, 11) is 0. The third-order valence-electron chi connectivity index (χ3n) is 3.60. The number of anilines is 1. The Morgan fingerprint density at radius 2 is 2.10 bits per heavy atom. The molecule has 6 nitrogen and oxygen atoms in total. The first-order chi connectivity index (χ1) is 10.0. The van der Waals surface area contributed by atoms with E-state index in [1.807, 2.05) is 18.2 Å². The molecule has 2 atom stereocenters. The van der Waals surface area contributed by atoms with Gasteiger partial charge in [0.15, 0.2) is 0 Å². The molecule has 1 aromatic carbocycles. The van der Waals surface area contributed by atoms with Crippen LogP contribution >= 0.6 is 0 Å². The van der Waals surface area contributed by atoms with Gasteiger partial charge in [-0.05, 0) is 18.1 Å². The number of para-hydroxylation sites is 1. The van der Waals surface area contributed by atoms with Crippen molar-refractivity contribution in [1.29, 1.82) is 0 Å². The number of hydrogen-bond donors (Lipinski definition) is 3. The number of likely N-dealkylation sites (tertiary alicyclic amines) is 1. The second kappa shape index (κ2) is 6.58. The van der Waals surface area contributed by atoms with E-state index in [-0.39, 0.29) is 13.0 Å². The van der Waals surface area contributed by atoms with E-state index in [1.165, 1.54) is 4.90 Å². The average molecular weight is 292 g/mol. The third kappa shape index (κ3) is 3.52. The fourth-order valence-corrected chi connectivity index (χ4v) is 2.59. The number of rotatable bonds is 4. The predicted octanol–water partition coefficient (Wildman–Crippen LogP) is 1.69. The van der Waals surface area contributed by atoms with Crippen LogP contribution in [0.1, 0.15) is 25.3 Å². The Bertz CT molecular complexity index is 532. The molecule has 3 N–H and O–H groups in total. The van der Waals surface area contributed by atoms with Crippen LogP contribution in [0.4, 0.5) is 10.5 Å². The van der Waals surface area contributed by atoms with Gasteiger partial charge < -0.3 is 20.4 Å². The van der Waals surface area contributed by atoms with Gasteiger partial charge in [0.25, 0.3) is 0 Å². The minimum Gasteiger partial charge on any atom is -0.480 e. The second-order valence-corrected chi connectivity index (χ2v) is 5.23. The van der Waals surface area contributed by atoms with Crippen LogP contribution in [0.25, 0.3) is 0 Å². The molecule has 1 aliphatic heterocycles. The largest absolute Gasteiger partial charge is 0.480 e. The number of aliphatic hydroxyl groups is 1. The van der Waals surface area contributed by atoms with E-state index in [1.54, 1.807) is 6.07 Å². The maximum atomic E-state index is 12.3. The fourth-order valence-electron chi connectivity index (χ4n) is 2.59. The van der Waals surface area contributed by atoms with Crippen molar-refractivity contribution in [3.63, 3.8) is 0 Å². The Morgan fingerprint density at radius 1 is 1.38 bits per heavy atom. The normalized spacial score (nSPS) is 21.3. The molecule has 0 unspecified atom stereocenters. The van der Waals surface area contributed by atoms with Crippen LogP contribution in [0.15, 0.2) is 24.3 Å². The molecule has 0 bridgehead atoms. The minimum absolute atomic E-state index is 0.0404. The van der Waals surface area contributed by atoms with Crippen LogP contribution in [0.2, 0.25) is 0 Å². The van der Waals surface area contributed by atoms with Crippen molar-refractivity contribution >= 4 is 17.7 Å². The maximum absolute atomic E-state index is 12.3. The zero-order valence-electron chi connectivity index (χ0n) is 12.0. The molecule has 1 aliphatic rings. The van der Waals surface area contributed by atoms with E-state index in [0.717, 1.165) is 18.4 Å². The summed E-state index contributed by atoms with van der Waals surface area (Å²) >= 11 is 0. The van der Waals surface area contributed by atoms with Gasteiger partial charge in [-0.15, -0.1) is 0 Å². The number of aliphatic hydroxyl groups excluding tert-OH is 1. The highest BCUT2D eigenvalue weighted by Gasteiger charge is 2.39. The van der Waals surface area contributed by atoms with Crippen LogP contribution in [0, 0.1) is 0 Å². The van der Waals surface area contributed by atoms with Gasteiger partial charge in [0.2, 0.25) is 0 Å². The molecule has 0 aromatic heterocycles. The van der Waals surface area contributed by atoms with Gasteiger partial charge in [-0.3, -0.25) is 0 Å². The first kappa shape index (κ1) is 15.3. The summed E-state index contributed by atoms with van der Waals surface area (Å²) in [6.45, 7) is 2.09. The van der Waals surface area contributed by atoms with E-state index >= 15 is 0 Å². The van der Waals surface area contributed by atoms with Crippen molar-refractivity contribution in [2.24, 2.45) is 0 Å². The first-order valence-corrected chi connectivity index (χ1v) is 7.09. The van der Waals surface area contributed by atoms with E-state index in [4.69, 9.17) is 5.11 Å². The summed E-state index contributed by atoms with van der Waals surface area (Å²) < 4.78 is 0. The highest BCUT2D eigenvalue weighted by molar-refractivity contribution is 5.93. The van der Waals surface area contributed by atoms with Crippen LogP contribution < -0.4 is 5.32 Å². The molecule has 0 spiro atoms. The molecule has 21 heavy (non-hydrogen) atoms. The molecule has 114 valence electrons. The van der Waals surface area contributed by atoms with Crippen molar-refractivity contribution in [2.45, 2.75) is 38.3 Å². The number of hydrogen-bond acceptors (Lipinski definition) is 3. The molecular weight excluding hydrogens is 272 g/mol. The number of urea groups is 1. The number of carboxylic acids is 1. The summed E-state index contributed by atoms with van der Waals surface area (Å²) in [5.41, 5.74) is 1.70. The van der Waals surface area contributed by atoms with Crippen LogP contribution in [0.5, 0.6) is 0 Å². The number of aryl methyl sites for hydroxylation is 1. The number of nitrogens with zero attached hydrogens (tertiary/aromatic N) is 1. The molecule has 0 aliphatic carbocycles. The molecule has 2 amide bonds. The number of amides is 2. The maximum Gasteiger partial charge on any atom is 0.326 e. The van der Waals surface area contributed by atoms with Gasteiger partial charge in [-0.2, -0.15) is 0 Å². The molecular formula is C15H20N2O4. The van der Waals surface area contributed by atoms with Crippen LogP contribution in [-0.4, -0.2) is 45.8 Å². The Balaban J connectivity index is 2.12. The van der Waals surface area contributed by atoms with E-state index in [2.05, 4.69) is 12.2 Å². The van der Waals surface area contributed by atoms with Gasteiger partial charge in [-0.1, -0.05) is 31.5 Å². The predicted molar refractivity (Wildman–Crippen MR) is 78.2 cm³/mol. The molecule has 1 aromatic rings. The van der Waals surface area contributed by atoms with Gasteiger partial charge >= 0.3 is 12.0 Å². The fraction of sp³-hybridized carbons (Fsp3) is 0.467. The second-order valence-electron chi connectivity index (χ2n) is 5.23. The van der Waals surface area contributed by atoms with Gasteiger partial charge in [0, 0.05) is 18.7 Å². The monoisotopic (exact) mass is 292 g/mol. The van der Waals surface area contributed by atoms with Crippen molar-refractivity contribution in [2.75, 3.05) is 11.9 Å². The van der Waals surface area contributed by atoms with Gasteiger partial charge in [0.05, 0.1) is 6.10 Å². The Morgan fingerprint density at radius 3 is 2.76 bits per heavy atom. The summed E-state index contributed by atoms with van der Waals surface area (Å²) in [5.74, 6) is -1.09. The van der Waals surface area contributed by atoms with Gasteiger partial charge in [-0.25, -0.2) is 9.59 Å². The lowest BCUT2D eigenvalue weighted by Crippen LogP contribution is -2.43. The van der Waals surface area contributed by atoms with Crippen molar-refractivity contribution in [3.8, 4) is 0 Å². The van der Waals surface area contributed by atoms with Gasteiger partial charge in [0.1, 0.15) is 6.04 Å². The lowest BCUT2D eigenvalue weighted by molar-refractivity contribution is -0.141. The Kier molecular flexibility index (Phi) is 4.80. The quantitative estimate of drug-likeness (QED) is 0.787. The molecule has 6 heteroatoms. The molecule has 1 heterocycles. The number of β-amino-alcohol motifs (C(OH)–C–C–N with tert-alkyl or cyclic N) is 1. The number of carbonyl (C=O) groups is 2. The topological polar surface area (TPSA) is 89.9 Å². The number of aliphatic carboxylic acids is 1. The lowest BCUT2D eigenvalue weighted by atomic mass is 10.1. The first-order valence-electron chi connectivity index (χ1n) is 7.09. The number of benzene rings is 1. The van der Waals surface area contributed by atoms with Crippen molar-refractivity contribution < 1.29 is 19.8 Å². The lowest BCUT2D eigenvalue weighted by Gasteiger charge is -2.22.